The molecular formula is C14H20N4O2. The molecule has 2 aromatic rings. The Kier molecular flexibility index (Phi) is 3.67. The molecule has 0 aliphatic rings. The zero-order valence-corrected chi connectivity index (χ0v) is 12.0. The van der Waals surface area contributed by atoms with Gasteiger partial charge >= 0.3 is 0 Å². The SMILES string of the molecule is CNC(=O)C(C)(C)Cn1c(CO)nc2cc(N)ccc21. The highest BCUT2D eigenvalue weighted by Gasteiger charge is 2.28. The van der Waals surface area contributed by atoms with Crippen LogP contribution in [0, 0.1) is 5.41 Å². The monoisotopic (exact) mass is 276 g/mol. The molecule has 6 nitrogen and oxygen atoms in total. The summed E-state index contributed by atoms with van der Waals surface area (Å²) < 4.78 is 1.87. The van der Waals surface area contributed by atoms with Gasteiger partial charge in [-0.3, -0.25) is 4.79 Å². The van der Waals surface area contributed by atoms with Crippen LogP contribution in [0.15, 0.2) is 18.2 Å². The van der Waals surface area contributed by atoms with E-state index >= 15 is 0 Å². The van der Waals surface area contributed by atoms with Gasteiger partial charge in [0.25, 0.3) is 0 Å². The number of nitrogens with one attached hydrogen (secondary N) is 1. The highest BCUT2D eigenvalue weighted by molar-refractivity contribution is 5.83. The summed E-state index contributed by atoms with van der Waals surface area (Å²) >= 11 is 0. The van der Waals surface area contributed by atoms with Crippen LogP contribution in [0.1, 0.15) is 19.7 Å². The molecule has 0 spiro atoms. The van der Waals surface area contributed by atoms with Crippen LogP contribution >= 0.6 is 0 Å². The molecule has 0 bridgehead atoms. The lowest BCUT2D eigenvalue weighted by molar-refractivity contribution is -0.129. The first kappa shape index (κ1) is 14.3. The van der Waals surface area contributed by atoms with E-state index in [0.717, 1.165) is 11.0 Å². The van der Waals surface area contributed by atoms with E-state index in [0.29, 0.717) is 18.1 Å². The molecule has 108 valence electrons. The second kappa shape index (κ2) is 5.13. The standard InChI is InChI=1S/C14H20N4O2/c1-14(2,13(20)16-3)8-18-11-5-4-9(15)6-10(11)17-12(18)7-19/h4-6,19H,7-8,15H2,1-3H3,(H,16,20). The maximum absolute atomic E-state index is 11.9. The van der Waals surface area contributed by atoms with Gasteiger partial charge in [0.1, 0.15) is 12.4 Å². The van der Waals surface area contributed by atoms with E-state index in [1.165, 1.54) is 0 Å². The van der Waals surface area contributed by atoms with Crippen LogP contribution in [0.5, 0.6) is 0 Å². The highest BCUT2D eigenvalue weighted by Crippen LogP contribution is 2.25. The fourth-order valence-corrected chi connectivity index (χ4v) is 2.30. The lowest BCUT2D eigenvalue weighted by Gasteiger charge is -2.24. The van der Waals surface area contributed by atoms with E-state index in [4.69, 9.17) is 5.73 Å². The van der Waals surface area contributed by atoms with E-state index in [1.54, 1.807) is 19.2 Å². The molecule has 0 fully saturated rings. The van der Waals surface area contributed by atoms with Gasteiger partial charge in [0, 0.05) is 19.3 Å². The lowest BCUT2D eigenvalue weighted by atomic mass is 9.92. The first-order valence-corrected chi connectivity index (χ1v) is 6.46. The van der Waals surface area contributed by atoms with Crippen LogP contribution in [0.2, 0.25) is 0 Å². The van der Waals surface area contributed by atoms with E-state index < -0.39 is 5.41 Å². The summed E-state index contributed by atoms with van der Waals surface area (Å²) in [5, 5.41) is 12.1. The molecule has 1 heterocycles. The number of hydrogen-bond donors (Lipinski definition) is 3. The van der Waals surface area contributed by atoms with Gasteiger partial charge in [0.05, 0.1) is 16.4 Å². The van der Waals surface area contributed by atoms with Crippen molar-refractivity contribution in [2.75, 3.05) is 12.8 Å². The molecule has 4 N–H and O–H groups in total. The van der Waals surface area contributed by atoms with Crippen molar-refractivity contribution in [1.82, 2.24) is 14.9 Å². The smallest absolute Gasteiger partial charge is 0.227 e. The fraction of sp³-hybridized carbons (Fsp3) is 0.429. The maximum atomic E-state index is 11.9. The Morgan fingerprint density at radius 1 is 1.50 bits per heavy atom. The zero-order chi connectivity index (χ0) is 14.9. The van der Waals surface area contributed by atoms with Gasteiger partial charge in [-0.25, -0.2) is 4.98 Å². The average Bonchev–Trinajstić information content (AvgIpc) is 2.74. The molecule has 0 aliphatic heterocycles. The second-order valence-corrected chi connectivity index (χ2v) is 5.48. The Labute approximate surface area is 117 Å². The normalized spacial score (nSPS) is 11.8. The number of anilines is 1. The molecule has 6 heteroatoms. The van der Waals surface area contributed by atoms with E-state index in [-0.39, 0.29) is 12.5 Å². The van der Waals surface area contributed by atoms with Gasteiger partial charge in [-0.05, 0) is 32.0 Å². The van der Waals surface area contributed by atoms with Crippen molar-refractivity contribution in [2.24, 2.45) is 5.41 Å². The molecule has 20 heavy (non-hydrogen) atoms. The number of carbonyl (C=O) groups excluding carboxylic acids is 1. The summed E-state index contributed by atoms with van der Waals surface area (Å²) in [6.07, 6.45) is 0. The molecule has 0 radical (unpaired) electrons. The van der Waals surface area contributed by atoms with Crippen molar-refractivity contribution in [3.05, 3.63) is 24.0 Å². The predicted octanol–water partition coefficient (Wildman–Crippen LogP) is 0.883. The lowest BCUT2D eigenvalue weighted by Crippen LogP contribution is -2.38. The Balaban J connectivity index is 2.50. The number of hydrogen-bond acceptors (Lipinski definition) is 4. The largest absolute Gasteiger partial charge is 0.399 e. The fourth-order valence-electron chi connectivity index (χ4n) is 2.30. The number of aliphatic hydroxyl groups excluding tert-OH is 1. The molecule has 2 rings (SSSR count). The van der Waals surface area contributed by atoms with Gasteiger partial charge in [-0.2, -0.15) is 0 Å². The van der Waals surface area contributed by atoms with E-state index in [1.807, 2.05) is 24.5 Å². The highest BCUT2D eigenvalue weighted by atomic mass is 16.3. The number of rotatable bonds is 4. The minimum Gasteiger partial charge on any atom is -0.399 e. The number of amides is 1. The minimum absolute atomic E-state index is 0.0568. The van der Waals surface area contributed by atoms with Crippen LogP contribution in [0.25, 0.3) is 11.0 Å². The average molecular weight is 276 g/mol. The number of nitrogen functional groups attached to an aromatic ring is 1. The van der Waals surface area contributed by atoms with Crippen molar-refractivity contribution in [3.63, 3.8) is 0 Å². The minimum atomic E-state index is -0.603. The summed E-state index contributed by atoms with van der Waals surface area (Å²) in [6.45, 7) is 3.97. The molecule has 0 aliphatic carbocycles. The van der Waals surface area contributed by atoms with Crippen LogP contribution in [0.3, 0.4) is 0 Å². The Bertz CT molecular complexity index is 646. The number of fused-ring (bicyclic) bond motifs is 1. The van der Waals surface area contributed by atoms with Crippen molar-refractivity contribution in [2.45, 2.75) is 27.0 Å². The van der Waals surface area contributed by atoms with E-state index in [2.05, 4.69) is 10.3 Å². The van der Waals surface area contributed by atoms with Crippen LogP contribution < -0.4 is 11.1 Å². The second-order valence-electron chi connectivity index (χ2n) is 5.48. The van der Waals surface area contributed by atoms with Crippen molar-refractivity contribution in [3.8, 4) is 0 Å². The maximum Gasteiger partial charge on any atom is 0.227 e. The van der Waals surface area contributed by atoms with Crippen molar-refractivity contribution >= 4 is 22.6 Å². The summed E-state index contributed by atoms with van der Waals surface area (Å²) in [5.41, 5.74) is 7.35. The third-order valence-corrected chi connectivity index (χ3v) is 3.39. The molecule has 0 atom stereocenters. The number of carbonyl (C=O) groups is 1. The molecule has 1 amide bonds. The Morgan fingerprint density at radius 2 is 2.20 bits per heavy atom. The first-order valence-electron chi connectivity index (χ1n) is 6.46. The summed E-state index contributed by atoms with van der Waals surface area (Å²) in [5.74, 6) is 0.473. The number of nitrogens with zero attached hydrogens (tertiary/aromatic N) is 2. The molecule has 0 saturated carbocycles. The van der Waals surface area contributed by atoms with Crippen molar-refractivity contribution in [1.29, 1.82) is 0 Å². The molecule has 1 aromatic heterocycles. The molecule has 0 unspecified atom stereocenters. The summed E-state index contributed by atoms with van der Waals surface area (Å²) in [7, 11) is 1.61. The predicted molar refractivity (Wildman–Crippen MR) is 77.9 cm³/mol. The van der Waals surface area contributed by atoms with Crippen LogP contribution in [-0.4, -0.2) is 27.6 Å². The van der Waals surface area contributed by atoms with Crippen LogP contribution in [-0.2, 0) is 17.9 Å². The number of aromatic nitrogens is 2. The number of benzene rings is 1. The zero-order valence-electron chi connectivity index (χ0n) is 12.0. The van der Waals surface area contributed by atoms with Gasteiger partial charge in [0.2, 0.25) is 5.91 Å². The van der Waals surface area contributed by atoms with Crippen molar-refractivity contribution < 1.29 is 9.90 Å². The number of nitrogens with two attached hydrogens (primary N) is 1. The number of aliphatic hydroxyl groups is 1. The van der Waals surface area contributed by atoms with E-state index in [9.17, 15) is 9.90 Å². The Morgan fingerprint density at radius 3 is 2.80 bits per heavy atom. The third-order valence-electron chi connectivity index (χ3n) is 3.39. The summed E-state index contributed by atoms with van der Waals surface area (Å²) in [6, 6.07) is 5.41. The van der Waals surface area contributed by atoms with Gasteiger partial charge in [0.15, 0.2) is 0 Å². The third kappa shape index (κ3) is 2.46. The van der Waals surface area contributed by atoms with Gasteiger partial charge in [-0.15, -0.1) is 0 Å². The first-order chi connectivity index (χ1) is 9.39. The molecule has 1 aromatic carbocycles. The summed E-state index contributed by atoms with van der Waals surface area (Å²) in [4.78, 5) is 16.3. The molecular weight excluding hydrogens is 256 g/mol. The quantitative estimate of drug-likeness (QED) is 0.723. The topological polar surface area (TPSA) is 93.2 Å². The van der Waals surface area contributed by atoms with Gasteiger partial charge < -0.3 is 20.7 Å². The Hall–Kier alpha value is -2.08. The van der Waals surface area contributed by atoms with Gasteiger partial charge in [-0.1, -0.05) is 0 Å². The van der Waals surface area contributed by atoms with Crippen LogP contribution in [0.4, 0.5) is 5.69 Å². The molecule has 0 saturated heterocycles. The number of imidazole rings is 1.